The molecule has 1 fully saturated rings. The number of carboxylic acids is 1. The first-order valence-corrected chi connectivity index (χ1v) is 18.6. The molecule has 0 amide bonds. The van der Waals surface area contributed by atoms with E-state index in [2.05, 4.69) is 0 Å². The monoisotopic (exact) mass is 737 g/mol. The Balaban J connectivity index is 1.14. The van der Waals surface area contributed by atoms with Crippen molar-refractivity contribution in [1.29, 1.82) is 0 Å². The summed E-state index contributed by atoms with van der Waals surface area (Å²) in [6.45, 7) is 3.20. The van der Waals surface area contributed by atoms with Crippen molar-refractivity contribution < 1.29 is 56.0 Å². The predicted molar refractivity (Wildman–Crippen MR) is 191 cm³/mol. The van der Waals surface area contributed by atoms with Gasteiger partial charge in [0.15, 0.2) is 5.78 Å². The summed E-state index contributed by atoms with van der Waals surface area (Å²) in [7, 11) is -3.74. The Morgan fingerprint density at radius 3 is 2.15 bits per heavy atom. The number of nitrogens with zero attached hydrogens (tertiary/aromatic N) is 1. The Morgan fingerprint density at radius 2 is 1.56 bits per heavy atom. The van der Waals surface area contributed by atoms with Crippen LogP contribution in [0, 0.1) is 5.82 Å². The van der Waals surface area contributed by atoms with Crippen molar-refractivity contribution >= 4 is 50.0 Å². The SMILES string of the molecule is CCC(=O)c1c(-c2ccc(F)cc2)oc2cc(N(CCOCCOCCOCc3ccc(C(O)=CC(=O)C(=O)O)cc3)S(C)(=O)=O)c(C3CC3)cc12. The average molecular weight is 738 g/mol. The summed E-state index contributed by atoms with van der Waals surface area (Å²) in [5.74, 6) is -3.42. The summed E-state index contributed by atoms with van der Waals surface area (Å²) < 4.78 is 64.2. The van der Waals surface area contributed by atoms with Crippen LogP contribution in [0.5, 0.6) is 0 Å². The van der Waals surface area contributed by atoms with Crippen molar-refractivity contribution in [3.8, 4) is 11.3 Å². The molecule has 0 spiro atoms. The van der Waals surface area contributed by atoms with Crippen molar-refractivity contribution in [1.82, 2.24) is 0 Å². The molecule has 0 aliphatic heterocycles. The van der Waals surface area contributed by atoms with Gasteiger partial charge in [0, 0.05) is 35.1 Å². The van der Waals surface area contributed by atoms with Crippen molar-refractivity contribution in [2.75, 3.05) is 50.1 Å². The standard InChI is InChI=1S/C38H40FNO11S/c1-3-32(41)36-30-20-29(25-8-9-25)31(21-35(30)51-37(36)27-10-12-28(39)13-11-27)40(52(2,46)47)14-15-48-16-17-49-18-19-50-23-24-4-6-26(7-5-24)33(42)22-34(43)38(44)45/h4-7,10-13,20-22,25,42H,3,8-9,14-19,23H2,1-2H3,(H,44,45). The van der Waals surface area contributed by atoms with Crippen LogP contribution in [0.1, 0.15) is 59.2 Å². The zero-order valence-corrected chi connectivity index (χ0v) is 29.6. The highest BCUT2D eigenvalue weighted by molar-refractivity contribution is 7.92. The maximum Gasteiger partial charge on any atom is 0.376 e. The number of aliphatic hydroxyl groups excluding tert-OH is 1. The molecule has 4 aromatic rings. The van der Waals surface area contributed by atoms with Crippen LogP contribution >= 0.6 is 0 Å². The number of hydrogen-bond donors (Lipinski definition) is 2. The molecule has 0 radical (unpaired) electrons. The highest BCUT2D eigenvalue weighted by Gasteiger charge is 2.33. The molecular weight excluding hydrogens is 697 g/mol. The second-order valence-corrected chi connectivity index (χ2v) is 14.2. The second kappa shape index (κ2) is 17.1. The topological polar surface area (TPSA) is 170 Å². The molecule has 0 bridgehead atoms. The minimum Gasteiger partial charge on any atom is -0.507 e. The Labute approximate surface area is 300 Å². The molecule has 5 rings (SSSR count). The maximum absolute atomic E-state index is 13.7. The molecule has 1 aromatic heterocycles. The highest BCUT2D eigenvalue weighted by atomic mass is 32.2. The van der Waals surface area contributed by atoms with E-state index in [1.54, 1.807) is 37.3 Å². The van der Waals surface area contributed by atoms with E-state index in [1.165, 1.54) is 28.6 Å². The van der Waals surface area contributed by atoms with Crippen molar-refractivity contribution in [3.63, 3.8) is 0 Å². The number of anilines is 1. The van der Waals surface area contributed by atoms with Crippen LogP contribution in [0.2, 0.25) is 0 Å². The Bertz CT molecular complexity index is 2050. The number of aliphatic carboxylic acids is 1. The van der Waals surface area contributed by atoms with E-state index in [9.17, 15) is 32.3 Å². The van der Waals surface area contributed by atoms with Crippen LogP contribution in [-0.4, -0.2) is 82.0 Å². The van der Waals surface area contributed by atoms with Gasteiger partial charge in [-0.1, -0.05) is 31.2 Å². The molecule has 1 aliphatic rings. The third-order valence-electron chi connectivity index (χ3n) is 8.41. The number of fused-ring (bicyclic) bond motifs is 1. The number of benzene rings is 3. The summed E-state index contributed by atoms with van der Waals surface area (Å²) in [6.07, 6.45) is 3.79. The summed E-state index contributed by atoms with van der Waals surface area (Å²) in [5.41, 5.74) is 3.68. The number of rotatable bonds is 20. The number of carbonyl (C=O) groups excluding carboxylic acids is 2. The lowest BCUT2D eigenvalue weighted by atomic mass is 9.97. The number of hydrogen-bond acceptors (Lipinski definition) is 10. The number of aliphatic hydroxyl groups is 1. The molecule has 276 valence electrons. The molecule has 52 heavy (non-hydrogen) atoms. The average Bonchev–Trinajstić information content (AvgIpc) is 3.90. The number of sulfonamides is 1. The van der Waals surface area contributed by atoms with Crippen LogP contribution in [0.3, 0.4) is 0 Å². The zero-order chi connectivity index (χ0) is 37.4. The van der Waals surface area contributed by atoms with E-state index in [0.29, 0.717) is 45.2 Å². The van der Waals surface area contributed by atoms with Crippen LogP contribution in [0.15, 0.2) is 71.2 Å². The summed E-state index contributed by atoms with van der Waals surface area (Å²) in [6, 6.07) is 15.7. The molecule has 0 atom stereocenters. The van der Waals surface area contributed by atoms with Gasteiger partial charge in [0.25, 0.3) is 5.78 Å². The second-order valence-electron chi connectivity index (χ2n) is 12.3. The molecule has 0 unspecified atom stereocenters. The van der Waals surface area contributed by atoms with Crippen molar-refractivity contribution in [3.05, 3.63) is 94.8 Å². The lowest BCUT2D eigenvalue weighted by molar-refractivity contribution is -0.146. The van der Waals surface area contributed by atoms with E-state index in [-0.39, 0.29) is 64.3 Å². The van der Waals surface area contributed by atoms with E-state index >= 15 is 0 Å². The molecule has 1 saturated carbocycles. The number of ketones is 2. The molecule has 12 nitrogen and oxygen atoms in total. The minimum atomic E-state index is -3.74. The number of halogens is 1. The van der Waals surface area contributed by atoms with Gasteiger partial charge in [0.05, 0.1) is 63.7 Å². The minimum absolute atomic E-state index is 0.0433. The van der Waals surface area contributed by atoms with Gasteiger partial charge in [-0.25, -0.2) is 17.6 Å². The Morgan fingerprint density at radius 1 is 0.923 bits per heavy atom. The van der Waals surface area contributed by atoms with Crippen LogP contribution in [0.25, 0.3) is 28.1 Å². The molecular formula is C38H40FNO11S. The fourth-order valence-corrected chi connectivity index (χ4v) is 6.55. The molecule has 2 N–H and O–H groups in total. The third kappa shape index (κ3) is 9.70. The van der Waals surface area contributed by atoms with E-state index in [4.69, 9.17) is 23.7 Å². The lowest BCUT2D eigenvalue weighted by Gasteiger charge is -2.25. The Hall–Kier alpha value is -4.89. The predicted octanol–water partition coefficient (Wildman–Crippen LogP) is 6.28. The lowest BCUT2D eigenvalue weighted by Crippen LogP contribution is -2.34. The van der Waals surface area contributed by atoms with Crippen molar-refractivity contribution in [2.24, 2.45) is 0 Å². The van der Waals surface area contributed by atoms with E-state index in [0.717, 1.165) is 30.2 Å². The van der Waals surface area contributed by atoms with Crippen LogP contribution in [-0.2, 0) is 40.4 Å². The van der Waals surface area contributed by atoms with Gasteiger partial charge in [-0.15, -0.1) is 0 Å². The molecule has 1 heterocycles. The number of furan rings is 1. The fraction of sp³-hybridized carbons (Fsp3) is 0.342. The number of carbonyl (C=O) groups is 3. The first-order chi connectivity index (χ1) is 24.9. The zero-order valence-electron chi connectivity index (χ0n) is 28.8. The van der Waals surface area contributed by atoms with Crippen molar-refractivity contribution in [2.45, 2.75) is 38.7 Å². The first-order valence-electron chi connectivity index (χ1n) is 16.7. The molecule has 1 aliphatic carbocycles. The van der Waals surface area contributed by atoms with Crippen LogP contribution in [0.4, 0.5) is 10.1 Å². The van der Waals surface area contributed by atoms with Gasteiger partial charge >= 0.3 is 5.97 Å². The molecule has 0 saturated heterocycles. The first kappa shape index (κ1) is 38.3. The van der Waals surface area contributed by atoms with Gasteiger partial charge in [-0.3, -0.25) is 13.9 Å². The number of Topliss-reactive ketones (excluding diaryl/α,β-unsaturated/α-hetero) is 1. The summed E-state index contributed by atoms with van der Waals surface area (Å²) >= 11 is 0. The van der Waals surface area contributed by atoms with E-state index in [1.807, 2.05) is 6.07 Å². The van der Waals surface area contributed by atoms with Gasteiger partial charge in [0.1, 0.15) is 22.9 Å². The normalized spacial score (nSPS) is 13.4. The van der Waals surface area contributed by atoms with E-state index < -0.39 is 33.4 Å². The van der Waals surface area contributed by atoms with Gasteiger partial charge in [-0.05, 0) is 60.2 Å². The quantitative estimate of drug-likeness (QED) is 0.0344. The smallest absolute Gasteiger partial charge is 0.376 e. The van der Waals surface area contributed by atoms with Gasteiger partial charge in [-0.2, -0.15) is 0 Å². The Kier molecular flexibility index (Phi) is 12.6. The largest absolute Gasteiger partial charge is 0.507 e. The summed E-state index contributed by atoms with van der Waals surface area (Å²) in [5, 5.41) is 19.2. The van der Waals surface area contributed by atoms with Crippen LogP contribution < -0.4 is 4.31 Å². The number of ether oxygens (including phenoxy) is 3. The molecule has 14 heteroatoms. The fourth-order valence-electron chi connectivity index (χ4n) is 5.63. The molecule has 3 aromatic carbocycles. The third-order valence-corrected chi connectivity index (χ3v) is 9.59. The summed E-state index contributed by atoms with van der Waals surface area (Å²) in [4.78, 5) is 35.0. The van der Waals surface area contributed by atoms with Gasteiger partial charge in [0.2, 0.25) is 10.0 Å². The van der Waals surface area contributed by atoms with Gasteiger partial charge < -0.3 is 28.8 Å². The highest BCUT2D eigenvalue weighted by Crippen LogP contribution is 2.48. The maximum atomic E-state index is 13.7. The number of carboxylic acid groups (broad SMARTS) is 1.